The van der Waals surface area contributed by atoms with Gasteiger partial charge in [-0.25, -0.2) is 9.67 Å². The number of nitrogens with one attached hydrogen (secondary N) is 1. The molecule has 2 aromatic heterocycles. The number of aromatic nitrogens is 4. The summed E-state index contributed by atoms with van der Waals surface area (Å²) in [5.41, 5.74) is -0.950. The molecule has 0 radical (unpaired) electrons. The Morgan fingerprint density at radius 1 is 1.32 bits per heavy atom. The maximum Gasteiger partial charge on any atom is 0.435 e. The van der Waals surface area contributed by atoms with Crippen LogP contribution < -0.4 is 5.32 Å². The molecule has 5 nitrogen and oxygen atoms in total. The normalized spacial score (nSPS) is 11.6. The molecule has 0 unspecified atom stereocenters. The van der Waals surface area contributed by atoms with Gasteiger partial charge in [0.25, 0.3) is 0 Å². The Morgan fingerprint density at radius 3 is 2.74 bits per heavy atom. The molecule has 1 N–H and O–H groups in total. The van der Waals surface area contributed by atoms with Gasteiger partial charge in [0.2, 0.25) is 5.95 Å². The molecule has 0 fully saturated rings. The van der Waals surface area contributed by atoms with Gasteiger partial charge < -0.3 is 5.32 Å². The lowest BCUT2D eigenvalue weighted by Gasteiger charge is -2.05. The molecular weight excluding hydrogens is 259 g/mol. The summed E-state index contributed by atoms with van der Waals surface area (Å²) < 4.78 is 38.4. The number of hydrogen-bond acceptors (Lipinski definition) is 4. The van der Waals surface area contributed by atoms with Crippen LogP contribution >= 0.6 is 0 Å². The van der Waals surface area contributed by atoms with Crippen LogP contribution in [0.4, 0.5) is 19.1 Å². The molecule has 0 aliphatic heterocycles. The Labute approximate surface area is 107 Å². The van der Waals surface area contributed by atoms with Crippen LogP contribution in [0.1, 0.15) is 19.0 Å². The second kappa shape index (κ2) is 5.25. The smallest absolute Gasteiger partial charge is 0.354 e. The van der Waals surface area contributed by atoms with Crippen LogP contribution in [0.2, 0.25) is 0 Å². The summed E-state index contributed by atoms with van der Waals surface area (Å²) in [7, 11) is 0. The van der Waals surface area contributed by atoms with Crippen LogP contribution in [-0.2, 0) is 6.18 Å². The summed E-state index contributed by atoms with van der Waals surface area (Å²) in [6.45, 7) is 2.68. The Morgan fingerprint density at radius 2 is 2.11 bits per heavy atom. The molecule has 0 bridgehead atoms. The van der Waals surface area contributed by atoms with Gasteiger partial charge in [-0.05, 0) is 12.5 Å². The van der Waals surface area contributed by atoms with Crippen molar-refractivity contribution in [3.8, 4) is 5.82 Å². The van der Waals surface area contributed by atoms with Crippen LogP contribution in [0.5, 0.6) is 0 Å². The van der Waals surface area contributed by atoms with Crippen molar-refractivity contribution in [2.75, 3.05) is 11.9 Å². The first kappa shape index (κ1) is 13.3. The SMILES string of the molecule is CCCNc1nccc(-n2ccc(C(F)(F)F)n2)n1. The summed E-state index contributed by atoms with van der Waals surface area (Å²) in [6.07, 6.45) is -0.876. The second-order valence-corrected chi connectivity index (χ2v) is 3.81. The summed E-state index contributed by atoms with van der Waals surface area (Å²) in [5.74, 6) is 0.646. The zero-order valence-corrected chi connectivity index (χ0v) is 10.1. The van der Waals surface area contributed by atoms with E-state index >= 15 is 0 Å². The Bertz CT molecular complexity index is 549. The maximum absolute atomic E-state index is 12.4. The number of alkyl halides is 3. The average molecular weight is 271 g/mol. The highest BCUT2D eigenvalue weighted by Gasteiger charge is 2.33. The minimum absolute atomic E-state index is 0.282. The molecule has 0 aromatic carbocycles. The van der Waals surface area contributed by atoms with E-state index in [0.717, 1.165) is 17.2 Å². The number of nitrogens with zero attached hydrogens (tertiary/aromatic N) is 4. The van der Waals surface area contributed by atoms with Gasteiger partial charge in [0, 0.05) is 25.0 Å². The first-order valence-corrected chi connectivity index (χ1v) is 5.71. The third-order valence-corrected chi connectivity index (χ3v) is 2.29. The fourth-order valence-electron chi connectivity index (χ4n) is 1.40. The summed E-state index contributed by atoms with van der Waals surface area (Å²) in [4.78, 5) is 8.06. The van der Waals surface area contributed by atoms with Gasteiger partial charge in [-0.15, -0.1) is 0 Å². The largest absolute Gasteiger partial charge is 0.435 e. The van der Waals surface area contributed by atoms with E-state index in [1.54, 1.807) is 0 Å². The van der Waals surface area contributed by atoms with Gasteiger partial charge in [-0.2, -0.15) is 23.3 Å². The lowest BCUT2D eigenvalue weighted by atomic mass is 10.4. The van der Waals surface area contributed by atoms with Crippen LogP contribution in [0.3, 0.4) is 0 Å². The first-order chi connectivity index (χ1) is 9.00. The van der Waals surface area contributed by atoms with Crippen molar-refractivity contribution in [1.29, 1.82) is 0 Å². The molecule has 0 saturated carbocycles. The highest BCUT2D eigenvalue weighted by Crippen LogP contribution is 2.27. The van der Waals surface area contributed by atoms with Crippen molar-refractivity contribution in [3.63, 3.8) is 0 Å². The quantitative estimate of drug-likeness (QED) is 0.928. The molecule has 102 valence electrons. The van der Waals surface area contributed by atoms with Crippen molar-refractivity contribution in [1.82, 2.24) is 19.7 Å². The lowest BCUT2D eigenvalue weighted by Crippen LogP contribution is -2.09. The molecule has 0 amide bonds. The topological polar surface area (TPSA) is 55.6 Å². The van der Waals surface area contributed by atoms with E-state index in [9.17, 15) is 13.2 Å². The zero-order chi connectivity index (χ0) is 13.9. The molecule has 0 aliphatic carbocycles. The van der Waals surface area contributed by atoms with Crippen LogP contribution in [-0.4, -0.2) is 26.3 Å². The van der Waals surface area contributed by atoms with E-state index in [2.05, 4.69) is 20.4 Å². The van der Waals surface area contributed by atoms with E-state index < -0.39 is 11.9 Å². The number of rotatable bonds is 4. The Hall–Kier alpha value is -2.12. The molecule has 19 heavy (non-hydrogen) atoms. The monoisotopic (exact) mass is 271 g/mol. The van der Waals surface area contributed by atoms with Gasteiger partial charge in [0.1, 0.15) is 0 Å². The van der Waals surface area contributed by atoms with Gasteiger partial charge in [0.15, 0.2) is 11.5 Å². The number of halogens is 3. The fourth-order valence-corrected chi connectivity index (χ4v) is 1.40. The van der Waals surface area contributed by atoms with E-state index in [0.29, 0.717) is 12.5 Å². The van der Waals surface area contributed by atoms with Crippen molar-refractivity contribution >= 4 is 5.95 Å². The summed E-state index contributed by atoms with van der Waals surface area (Å²) in [6, 6.07) is 2.39. The summed E-state index contributed by atoms with van der Waals surface area (Å²) in [5, 5.41) is 6.40. The molecule has 2 aromatic rings. The van der Waals surface area contributed by atoms with Crippen molar-refractivity contribution in [2.45, 2.75) is 19.5 Å². The number of anilines is 1. The molecule has 0 aliphatic rings. The zero-order valence-electron chi connectivity index (χ0n) is 10.1. The highest BCUT2D eigenvalue weighted by molar-refractivity contribution is 5.31. The van der Waals surface area contributed by atoms with Crippen LogP contribution in [0, 0.1) is 0 Å². The second-order valence-electron chi connectivity index (χ2n) is 3.81. The lowest BCUT2D eigenvalue weighted by molar-refractivity contribution is -0.141. The molecule has 2 heterocycles. The molecule has 0 spiro atoms. The van der Waals surface area contributed by atoms with Crippen molar-refractivity contribution < 1.29 is 13.2 Å². The Kier molecular flexibility index (Phi) is 3.68. The third kappa shape index (κ3) is 3.21. The van der Waals surface area contributed by atoms with Crippen LogP contribution in [0.15, 0.2) is 24.5 Å². The van der Waals surface area contributed by atoms with Crippen LogP contribution in [0.25, 0.3) is 5.82 Å². The van der Waals surface area contributed by atoms with E-state index in [1.165, 1.54) is 18.5 Å². The van der Waals surface area contributed by atoms with E-state index in [1.807, 2.05) is 6.92 Å². The fraction of sp³-hybridized carbons (Fsp3) is 0.364. The predicted molar refractivity (Wildman–Crippen MR) is 62.9 cm³/mol. The predicted octanol–water partition coefficient (Wildman–Crippen LogP) is 2.50. The van der Waals surface area contributed by atoms with Gasteiger partial charge >= 0.3 is 6.18 Å². The van der Waals surface area contributed by atoms with Crippen molar-refractivity contribution in [2.24, 2.45) is 0 Å². The van der Waals surface area contributed by atoms with Crippen molar-refractivity contribution in [3.05, 3.63) is 30.2 Å². The maximum atomic E-state index is 12.4. The highest BCUT2D eigenvalue weighted by atomic mass is 19.4. The molecule has 0 atom stereocenters. The Balaban J connectivity index is 2.24. The van der Waals surface area contributed by atoms with E-state index in [-0.39, 0.29) is 5.82 Å². The molecular formula is C11H12F3N5. The average Bonchev–Trinajstić information content (AvgIpc) is 2.86. The first-order valence-electron chi connectivity index (χ1n) is 5.71. The van der Waals surface area contributed by atoms with Gasteiger partial charge in [-0.3, -0.25) is 0 Å². The third-order valence-electron chi connectivity index (χ3n) is 2.29. The summed E-state index contributed by atoms with van der Waals surface area (Å²) >= 11 is 0. The minimum Gasteiger partial charge on any atom is -0.354 e. The van der Waals surface area contributed by atoms with E-state index in [4.69, 9.17) is 0 Å². The van der Waals surface area contributed by atoms with Gasteiger partial charge in [0.05, 0.1) is 0 Å². The standard InChI is InChI=1S/C11H12F3N5/c1-2-5-15-10-16-6-3-9(17-10)19-7-4-8(18-19)11(12,13)14/h3-4,6-7H,2,5H2,1H3,(H,15,16,17). The molecule has 8 heteroatoms. The molecule has 0 saturated heterocycles. The minimum atomic E-state index is -4.46. The number of hydrogen-bond donors (Lipinski definition) is 1. The van der Waals surface area contributed by atoms with Gasteiger partial charge in [-0.1, -0.05) is 6.92 Å². The molecule has 2 rings (SSSR count).